The summed E-state index contributed by atoms with van der Waals surface area (Å²) in [7, 11) is 1.18. The van der Waals surface area contributed by atoms with E-state index in [2.05, 4.69) is 0 Å². The molecule has 74 valence electrons. The summed E-state index contributed by atoms with van der Waals surface area (Å²) < 4.78 is 13.1. The number of hydrogen-bond acceptors (Lipinski definition) is 2. The molecule has 0 saturated carbocycles. The van der Waals surface area contributed by atoms with E-state index < -0.39 is 17.1 Å². The van der Waals surface area contributed by atoms with Crippen LogP contribution in [0.2, 0.25) is 0 Å². The van der Waals surface area contributed by atoms with Crippen LogP contribution in [0.3, 0.4) is 0 Å². The maximum Gasteiger partial charge on any atom is 0.323 e. The molecule has 0 spiro atoms. The SMILES string of the molecule is CN(C(=O)Cl)C(=O)c1ccccc1F. The largest absolute Gasteiger partial charge is 0.323 e. The molecule has 0 heterocycles. The van der Waals surface area contributed by atoms with Gasteiger partial charge in [0.1, 0.15) is 5.82 Å². The van der Waals surface area contributed by atoms with E-state index in [0.29, 0.717) is 4.90 Å². The van der Waals surface area contributed by atoms with Crippen LogP contribution in [0.25, 0.3) is 0 Å². The van der Waals surface area contributed by atoms with Crippen molar-refractivity contribution in [2.75, 3.05) is 7.05 Å². The first-order chi connectivity index (χ1) is 6.54. The summed E-state index contributed by atoms with van der Waals surface area (Å²) in [5, 5.41) is -0.946. The van der Waals surface area contributed by atoms with E-state index in [1.165, 1.54) is 25.2 Å². The van der Waals surface area contributed by atoms with Crippen LogP contribution >= 0.6 is 11.6 Å². The zero-order valence-corrected chi connectivity index (χ0v) is 8.08. The van der Waals surface area contributed by atoms with Gasteiger partial charge in [0, 0.05) is 7.05 Å². The molecule has 3 nitrogen and oxygen atoms in total. The molecule has 1 rings (SSSR count). The number of imide groups is 1. The Balaban J connectivity index is 3.01. The summed E-state index contributed by atoms with van der Waals surface area (Å²) in [4.78, 5) is 22.6. The highest BCUT2D eigenvalue weighted by atomic mass is 35.5. The number of carbonyl (C=O) groups is 2. The van der Waals surface area contributed by atoms with E-state index in [0.717, 1.165) is 6.07 Å². The Labute approximate surface area is 85.1 Å². The molecule has 0 aliphatic rings. The van der Waals surface area contributed by atoms with Gasteiger partial charge in [-0.25, -0.2) is 4.39 Å². The predicted molar refractivity (Wildman–Crippen MR) is 49.7 cm³/mol. The lowest BCUT2D eigenvalue weighted by Crippen LogP contribution is -2.29. The molecule has 0 saturated heterocycles. The monoisotopic (exact) mass is 215 g/mol. The molecule has 0 aromatic heterocycles. The van der Waals surface area contributed by atoms with Crippen LogP contribution in [0.15, 0.2) is 24.3 Å². The highest BCUT2D eigenvalue weighted by molar-refractivity contribution is 6.64. The van der Waals surface area contributed by atoms with Gasteiger partial charge in [0.15, 0.2) is 0 Å². The standard InChI is InChI=1S/C9H7ClFNO2/c1-12(9(10)14)8(13)6-4-2-3-5-7(6)11/h2-5H,1H3. The second kappa shape index (κ2) is 4.19. The van der Waals surface area contributed by atoms with Crippen molar-refractivity contribution in [3.05, 3.63) is 35.6 Å². The number of amides is 2. The lowest BCUT2D eigenvalue weighted by atomic mass is 10.2. The van der Waals surface area contributed by atoms with Crippen LogP contribution in [0.5, 0.6) is 0 Å². The van der Waals surface area contributed by atoms with E-state index in [9.17, 15) is 14.0 Å². The fraction of sp³-hybridized carbons (Fsp3) is 0.111. The normalized spacial score (nSPS) is 9.64. The first-order valence-electron chi connectivity index (χ1n) is 3.76. The summed E-state index contributed by atoms with van der Waals surface area (Å²) in [6, 6.07) is 5.38. The van der Waals surface area contributed by atoms with Crippen LogP contribution in [-0.4, -0.2) is 23.2 Å². The second-order valence-electron chi connectivity index (χ2n) is 2.60. The van der Waals surface area contributed by atoms with Gasteiger partial charge in [-0.2, -0.15) is 0 Å². The van der Waals surface area contributed by atoms with E-state index >= 15 is 0 Å². The van der Waals surface area contributed by atoms with Gasteiger partial charge in [-0.3, -0.25) is 14.5 Å². The lowest BCUT2D eigenvalue weighted by molar-refractivity contribution is 0.0843. The molecule has 14 heavy (non-hydrogen) atoms. The van der Waals surface area contributed by atoms with Crippen molar-refractivity contribution in [2.45, 2.75) is 0 Å². The molecule has 0 fully saturated rings. The third-order valence-corrected chi connectivity index (χ3v) is 1.93. The number of carbonyl (C=O) groups excluding carboxylic acids is 2. The van der Waals surface area contributed by atoms with Crippen molar-refractivity contribution in [1.29, 1.82) is 0 Å². The molecule has 0 unspecified atom stereocenters. The van der Waals surface area contributed by atoms with Crippen LogP contribution in [0.4, 0.5) is 9.18 Å². The summed E-state index contributed by atoms with van der Waals surface area (Å²) in [6.07, 6.45) is 0. The van der Waals surface area contributed by atoms with Crippen LogP contribution in [0.1, 0.15) is 10.4 Å². The summed E-state index contributed by atoms with van der Waals surface area (Å²) in [5.74, 6) is -1.44. The maximum absolute atomic E-state index is 13.1. The average Bonchev–Trinajstić information content (AvgIpc) is 2.16. The van der Waals surface area contributed by atoms with Gasteiger partial charge in [0.25, 0.3) is 5.91 Å². The van der Waals surface area contributed by atoms with Gasteiger partial charge in [-0.1, -0.05) is 12.1 Å². The summed E-state index contributed by atoms with van der Waals surface area (Å²) in [5.41, 5.74) is -0.177. The summed E-state index contributed by atoms with van der Waals surface area (Å²) in [6.45, 7) is 0. The Morgan fingerprint density at radius 1 is 1.36 bits per heavy atom. The Kier molecular flexibility index (Phi) is 3.19. The minimum Gasteiger partial charge on any atom is -0.268 e. The van der Waals surface area contributed by atoms with Gasteiger partial charge < -0.3 is 0 Å². The van der Waals surface area contributed by atoms with Gasteiger partial charge in [0.05, 0.1) is 5.56 Å². The average molecular weight is 216 g/mol. The Morgan fingerprint density at radius 2 is 1.93 bits per heavy atom. The summed E-state index contributed by atoms with van der Waals surface area (Å²) >= 11 is 5.07. The number of hydrogen-bond donors (Lipinski definition) is 0. The smallest absolute Gasteiger partial charge is 0.268 e. The first-order valence-corrected chi connectivity index (χ1v) is 4.14. The van der Waals surface area contributed by atoms with Crippen molar-refractivity contribution in [3.63, 3.8) is 0 Å². The second-order valence-corrected chi connectivity index (χ2v) is 2.92. The van der Waals surface area contributed by atoms with E-state index in [4.69, 9.17) is 11.6 Å². The zero-order chi connectivity index (χ0) is 10.7. The number of nitrogens with zero attached hydrogens (tertiary/aromatic N) is 1. The molecule has 5 heteroatoms. The Bertz CT molecular complexity index is 381. The number of halogens is 2. The quantitative estimate of drug-likeness (QED) is 0.532. The zero-order valence-electron chi connectivity index (χ0n) is 7.33. The highest BCUT2D eigenvalue weighted by Gasteiger charge is 2.19. The maximum atomic E-state index is 13.1. The molecule has 2 amide bonds. The van der Waals surface area contributed by atoms with Crippen molar-refractivity contribution in [2.24, 2.45) is 0 Å². The molecule has 0 bridgehead atoms. The van der Waals surface area contributed by atoms with Crippen molar-refractivity contribution < 1.29 is 14.0 Å². The molecule has 1 aromatic carbocycles. The molecular formula is C9H7ClFNO2. The fourth-order valence-corrected chi connectivity index (χ4v) is 0.972. The fourth-order valence-electron chi connectivity index (χ4n) is 0.895. The third-order valence-electron chi connectivity index (χ3n) is 1.67. The molecule has 1 aromatic rings. The van der Waals surface area contributed by atoms with Gasteiger partial charge in [-0.05, 0) is 23.7 Å². The number of benzene rings is 1. The van der Waals surface area contributed by atoms with Crippen LogP contribution in [0, 0.1) is 5.82 Å². The Morgan fingerprint density at radius 3 is 2.43 bits per heavy atom. The topological polar surface area (TPSA) is 37.4 Å². The van der Waals surface area contributed by atoms with Gasteiger partial charge in [0.2, 0.25) is 0 Å². The van der Waals surface area contributed by atoms with Crippen molar-refractivity contribution in [1.82, 2.24) is 4.90 Å². The highest BCUT2D eigenvalue weighted by Crippen LogP contribution is 2.10. The van der Waals surface area contributed by atoms with Crippen LogP contribution < -0.4 is 0 Å². The molecule has 0 N–H and O–H groups in total. The van der Waals surface area contributed by atoms with E-state index in [1.54, 1.807) is 0 Å². The van der Waals surface area contributed by atoms with Gasteiger partial charge >= 0.3 is 5.37 Å². The minimum absolute atomic E-state index is 0.177. The third kappa shape index (κ3) is 2.09. The lowest BCUT2D eigenvalue weighted by Gasteiger charge is -2.11. The first kappa shape index (κ1) is 10.7. The molecule has 0 atom stereocenters. The van der Waals surface area contributed by atoms with E-state index in [-0.39, 0.29) is 5.56 Å². The predicted octanol–water partition coefficient (Wildman–Crippen LogP) is 2.26. The van der Waals surface area contributed by atoms with Crippen LogP contribution in [-0.2, 0) is 0 Å². The minimum atomic E-state index is -0.946. The van der Waals surface area contributed by atoms with Gasteiger partial charge in [-0.15, -0.1) is 0 Å². The Hall–Kier alpha value is -1.42. The molecule has 0 radical (unpaired) electrons. The van der Waals surface area contributed by atoms with E-state index in [1.807, 2.05) is 0 Å². The van der Waals surface area contributed by atoms with Crippen molar-refractivity contribution in [3.8, 4) is 0 Å². The molecular weight excluding hydrogens is 209 g/mol. The molecule has 0 aliphatic carbocycles. The molecule has 0 aliphatic heterocycles. The number of rotatable bonds is 1. The van der Waals surface area contributed by atoms with Crippen molar-refractivity contribution >= 4 is 22.9 Å².